The summed E-state index contributed by atoms with van der Waals surface area (Å²) in [6.07, 6.45) is 9.55. The first-order chi connectivity index (χ1) is 7.43. The molecule has 2 nitrogen and oxygen atoms in total. The highest BCUT2D eigenvalue weighted by atomic mass is 14.9. The Bertz CT molecular complexity index is 303. The largest absolute Gasteiger partial charge is 0.309 e. The van der Waals surface area contributed by atoms with Crippen molar-refractivity contribution in [2.45, 2.75) is 38.3 Å². The molecule has 0 unspecified atom stereocenters. The summed E-state index contributed by atoms with van der Waals surface area (Å²) in [7, 11) is 0. The molecule has 0 atom stereocenters. The van der Waals surface area contributed by atoms with Crippen molar-refractivity contribution in [3.63, 3.8) is 0 Å². The first-order valence-electron chi connectivity index (χ1n) is 6.06. The Labute approximate surface area is 91.1 Å². The molecule has 1 aromatic heterocycles. The van der Waals surface area contributed by atoms with Crippen molar-refractivity contribution in [1.82, 2.24) is 10.3 Å². The van der Waals surface area contributed by atoms with Gasteiger partial charge in [0.05, 0.1) is 0 Å². The van der Waals surface area contributed by atoms with Crippen LogP contribution in [-0.4, -0.2) is 11.0 Å². The van der Waals surface area contributed by atoms with Gasteiger partial charge in [-0.2, -0.15) is 0 Å². The molecular formula is C13H18N2. The highest BCUT2D eigenvalue weighted by Crippen LogP contribution is 2.44. The van der Waals surface area contributed by atoms with Crippen LogP contribution in [-0.2, 0) is 6.54 Å². The Balaban J connectivity index is 1.55. The van der Waals surface area contributed by atoms with Crippen LogP contribution in [0.15, 0.2) is 24.5 Å². The van der Waals surface area contributed by atoms with Crippen LogP contribution in [0, 0.1) is 11.8 Å². The van der Waals surface area contributed by atoms with Crippen LogP contribution in [0.25, 0.3) is 0 Å². The van der Waals surface area contributed by atoms with Crippen molar-refractivity contribution in [2.75, 3.05) is 0 Å². The van der Waals surface area contributed by atoms with Crippen molar-refractivity contribution in [3.8, 4) is 0 Å². The van der Waals surface area contributed by atoms with Gasteiger partial charge < -0.3 is 5.32 Å². The van der Waals surface area contributed by atoms with E-state index in [1.165, 1.54) is 31.2 Å². The average molecular weight is 202 g/mol. The van der Waals surface area contributed by atoms with E-state index >= 15 is 0 Å². The van der Waals surface area contributed by atoms with Crippen LogP contribution in [0.1, 0.15) is 31.2 Å². The van der Waals surface area contributed by atoms with E-state index in [1.54, 1.807) is 0 Å². The van der Waals surface area contributed by atoms with Crippen LogP contribution < -0.4 is 5.32 Å². The minimum Gasteiger partial charge on any atom is -0.309 e. The maximum Gasteiger partial charge on any atom is 0.0271 e. The molecule has 2 fully saturated rings. The standard InChI is InChI=1S/C13H18N2/c1-2-11(1)13(12-3-4-12)15-9-10-5-7-14-8-6-10/h5-8,11-13,15H,1-4,9H2. The molecule has 0 radical (unpaired) electrons. The summed E-state index contributed by atoms with van der Waals surface area (Å²) >= 11 is 0. The summed E-state index contributed by atoms with van der Waals surface area (Å²) in [5, 5.41) is 3.73. The molecule has 0 aromatic carbocycles. The minimum absolute atomic E-state index is 0.804. The molecule has 1 N–H and O–H groups in total. The number of aromatic nitrogens is 1. The van der Waals surface area contributed by atoms with E-state index < -0.39 is 0 Å². The topological polar surface area (TPSA) is 24.9 Å². The Morgan fingerprint density at radius 1 is 1.13 bits per heavy atom. The van der Waals surface area contributed by atoms with E-state index in [-0.39, 0.29) is 0 Å². The maximum absolute atomic E-state index is 4.04. The summed E-state index contributed by atoms with van der Waals surface area (Å²) in [4.78, 5) is 4.04. The smallest absolute Gasteiger partial charge is 0.0271 e. The van der Waals surface area contributed by atoms with E-state index in [0.717, 1.165) is 24.4 Å². The third kappa shape index (κ3) is 2.37. The van der Waals surface area contributed by atoms with Gasteiger partial charge in [-0.25, -0.2) is 0 Å². The molecule has 3 rings (SSSR count). The first kappa shape index (κ1) is 9.34. The van der Waals surface area contributed by atoms with Gasteiger partial charge >= 0.3 is 0 Å². The molecule has 2 heteroatoms. The zero-order chi connectivity index (χ0) is 10.1. The van der Waals surface area contributed by atoms with Gasteiger partial charge in [0.2, 0.25) is 0 Å². The van der Waals surface area contributed by atoms with E-state index in [9.17, 15) is 0 Å². The summed E-state index contributed by atoms with van der Waals surface area (Å²) < 4.78 is 0. The second-order valence-electron chi connectivity index (χ2n) is 4.94. The molecule has 0 aliphatic heterocycles. The van der Waals surface area contributed by atoms with E-state index in [4.69, 9.17) is 0 Å². The SMILES string of the molecule is c1cc(CNC(C2CC2)C2CC2)ccn1. The van der Waals surface area contributed by atoms with Gasteiger partial charge in [0.25, 0.3) is 0 Å². The first-order valence-corrected chi connectivity index (χ1v) is 6.06. The van der Waals surface area contributed by atoms with Gasteiger partial charge in [-0.3, -0.25) is 4.98 Å². The lowest BCUT2D eigenvalue weighted by Gasteiger charge is -2.17. The number of nitrogens with zero attached hydrogens (tertiary/aromatic N) is 1. The highest BCUT2D eigenvalue weighted by molar-refractivity contribution is 5.10. The normalized spacial score (nSPS) is 20.9. The maximum atomic E-state index is 4.04. The fourth-order valence-corrected chi connectivity index (χ4v) is 2.37. The molecule has 1 heterocycles. The van der Waals surface area contributed by atoms with Crippen molar-refractivity contribution < 1.29 is 0 Å². The Morgan fingerprint density at radius 2 is 1.73 bits per heavy atom. The summed E-state index contributed by atoms with van der Waals surface area (Å²) in [5.74, 6) is 1.97. The summed E-state index contributed by atoms with van der Waals surface area (Å²) in [5.41, 5.74) is 1.36. The monoisotopic (exact) mass is 202 g/mol. The lowest BCUT2D eigenvalue weighted by molar-refractivity contribution is 0.416. The van der Waals surface area contributed by atoms with E-state index in [2.05, 4.69) is 22.4 Å². The molecule has 15 heavy (non-hydrogen) atoms. The van der Waals surface area contributed by atoms with Crippen LogP contribution in [0.4, 0.5) is 0 Å². The van der Waals surface area contributed by atoms with Gasteiger partial charge in [-0.15, -0.1) is 0 Å². The quantitative estimate of drug-likeness (QED) is 0.793. The molecule has 0 saturated heterocycles. The number of hydrogen-bond acceptors (Lipinski definition) is 2. The number of hydrogen-bond donors (Lipinski definition) is 1. The van der Waals surface area contributed by atoms with Gasteiger partial charge in [-0.05, 0) is 55.2 Å². The Morgan fingerprint density at radius 3 is 2.27 bits per heavy atom. The third-order valence-electron chi connectivity index (χ3n) is 3.55. The summed E-state index contributed by atoms with van der Waals surface area (Å²) in [6, 6.07) is 5.01. The fraction of sp³-hybridized carbons (Fsp3) is 0.615. The molecule has 80 valence electrons. The van der Waals surface area contributed by atoms with Crippen molar-refractivity contribution in [1.29, 1.82) is 0 Å². The van der Waals surface area contributed by atoms with Gasteiger partial charge in [0.1, 0.15) is 0 Å². The molecule has 0 spiro atoms. The number of nitrogens with one attached hydrogen (secondary N) is 1. The second kappa shape index (κ2) is 3.93. The molecule has 1 aromatic rings. The predicted molar refractivity (Wildman–Crippen MR) is 60.3 cm³/mol. The lowest BCUT2D eigenvalue weighted by atomic mass is 10.1. The Kier molecular flexibility index (Phi) is 2.45. The summed E-state index contributed by atoms with van der Waals surface area (Å²) in [6.45, 7) is 1.01. The van der Waals surface area contributed by atoms with Crippen LogP contribution in [0.3, 0.4) is 0 Å². The zero-order valence-corrected chi connectivity index (χ0v) is 9.02. The molecule has 0 amide bonds. The number of rotatable bonds is 5. The second-order valence-corrected chi connectivity index (χ2v) is 4.94. The van der Waals surface area contributed by atoms with Crippen molar-refractivity contribution in [3.05, 3.63) is 30.1 Å². The average Bonchev–Trinajstić information content (AvgIpc) is 3.14. The Hall–Kier alpha value is -0.890. The van der Waals surface area contributed by atoms with Crippen molar-refractivity contribution >= 4 is 0 Å². The molecule has 0 bridgehead atoms. The van der Waals surface area contributed by atoms with Crippen LogP contribution in [0.5, 0.6) is 0 Å². The zero-order valence-electron chi connectivity index (χ0n) is 9.02. The van der Waals surface area contributed by atoms with Crippen LogP contribution in [0.2, 0.25) is 0 Å². The molecule has 2 aliphatic carbocycles. The third-order valence-corrected chi connectivity index (χ3v) is 3.55. The molecule has 2 saturated carbocycles. The van der Waals surface area contributed by atoms with E-state index in [0.29, 0.717) is 0 Å². The molecular weight excluding hydrogens is 184 g/mol. The van der Waals surface area contributed by atoms with Crippen LogP contribution >= 0.6 is 0 Å². The van der Waals surface area contributed by atoms with Gasteiger partial charge in [0, 0.05) is 25.0 Å². The lowest BCUT2D eigenvalue weighted by Crippen LogP contribution is -2.32. The van der Waals surface area contributed by atoms with Gasteiger partial charge in [-0.1, -0.05) is 0 Å². The highest BCUT2D eigenvalue weighted by Gasteiger charge is 2.40. The van der Waals surface area contributed by atoms with Gasteiger partial charge in [0.15, 0.2) is 0 Å². The number of pyridine rings is 1. The fourth-order valence-electron chi connectivity index (χ4n) is 2.37. The predicted octanol–water partition coefficient (Wildman–Crippen LogP) is 2.36. The van der Waals surface area contributed by atoms with Crippen molar-refractivity contribution in [2.24, 2.45) is 11.8 Å². The molecule has 2 aliphatic rings. The minimum atomic E-state index is 0.804. The van der Waals surface area contributed by atoms with E-state index in [1.807, 2.05) is 12.4 Å².